The molecule has 1 aromatic heterocycles. The van der Waals surface area contributed by atoms with Crippen LogP contribution in [-0.2, 0) is 4.79 Å². The standard InChI is InChI=1S/C26H26F2N4O/c1-19(30-26(33)9-8-20-15-22(27)18-23(28)16-20)21-5-4-6-24(17-21)31-11-13-32(14-12-31)25-7-2-3-10-29-25/h2-10,15-19H,11-14H2,1H3,(H,30,33)/b9-8+/t19-/m0/s1. The van der Waals surface area contributed by atoms with Crippen molar-refractivity contribution in [2.75, 3.05) is 36.0 Å². The number of nitrogens with zero attached hydrogens (tertiary/aromatic N) is 3. The highest BCUT2D eigenvalue weighted by Crippen LogP contribution is 2.23. The van der Waals surface area contributed by atoms with Crippen LogP contribution in [0.25, 0.3) is 6.08 Å². The van der Waals surface area contributed by atoms with Gasteiger partial charge in [0.1, 0.15) is 17.5 Å². The van der Waals surface area contributed by atoms with Gasteiger partial charge in [-0.25, -0.2) is 13.8 Å². The van der Waals surface area contributed by atoms with Crippen LogP contribution >= 0.6 is 0 Å². The minimum absolute atomic E-state index is 0.221. The number of halogens is 2. The molecular weight excluding hydrogens is 422 g/mol. The van der Waals surface area contributed by atoms with Crippen molar-refractivity contribution >= 4 is 23.5 Å². The van der Waals surface area contributed by atoms with Crippen LogP contribution in [0.5, 0.6) is 0 Å². The third-order valence-electron chi connectivity index (χ3n) is 5.66. The Morgan fingerprint density at radius 2 is 1.70 bits per heavy atom. The highest BCUT2D eigenvalue weighted by Gasteiger charge is 2.19. The van der Waals surface area contributed by atoms with Crippen LogP contribution in [0.3, 0.4) is 0 Å². The second-order valence-electron chi connectivity index (χ2n) is 8.02. The number of benzene rings is 2. The Kier molecular flexibility index (Phi) is 6.98. The SMILES string of the molecule is C[C@H](NC(=O)/C=C/c1cc(F)cc(F)c1)c1cccc(N2CCN(c3ccccn3)CC2)c1. The molecule has 5 nitrogen and oxygen atoms in total. The van der Waals surface area contributed by atoms with E-state index >= 15 is 0 Å². The molecule has 170 valence electrons. The summed E-state index contributed by atoms with van der Waals surface area (Å²) in [6, 6.07) is 17.0. The van der Waals surface area contributed by atoms with Crippen molar-refractivity contribution in [1.82, 2.24) is 10.3 Å². The van der Waals surface area contributed by atoms with Gasteiger partial charge >= 0.3 is 0 Å². The number of hydrogen-bond donors (Lipinski definition) is 1. The number of pyridine rings is 1. The number of anilines is 2. The van der Waals surface area contributed by atoms with Gasteiger partial charge in [-0.15, -0.1) is 0 Å². The molecule has 4 rings (SSSR count). The average molecular weight is 449 g/mol. The van der Waals surface area contributed by atoms with Gasteiger partial charge in [0, 0.05) is 50.2 Å². The molecule has 2 aromatic carbocycles. The van der Waals surface area contributed by atoms with E-state index < -0.39 is 11.6 Å². The number of carbonyl (C=O) groups is 1. The Balaban J connectivity index is 1.35. The van der Waals surface area contributed by atoms with Crippen molar-refractivity contribution in [2.45, 2.75) is 13.0 Å². The molecular formula is C26H26F2N4O. The summed E-state index contributed by atoms with van der Waals surface area (Å²) in [4.78, 5) is 21.4. The van der Waals surface area contributed by atoms with Crippen LogP contribution in [0.15, 0.2) is 72.9 Å². The fourth-order valence-corrected chi connectivity index (χ4v) is 3.91. The molecule has 0 saturated carbocycles. The van der Waals surface area contributed by atoms with Crippen molar-refractivity contribution in [1.29, 1.82) is 0 Å². The van der Waals surface area contributed by atoms with Crippen molar-refractivity contribution in [3.63, 3.8) is 0 Å². The van der Waals surface area contributed by atoms with Crippen molar-refractivity contribution in [3.05, 3.63) is 95.7 Å². The van der Waals surface area contributed by atoms with Crippen molar-refractivity contribution in [3.8, 4) is 0 Å². The van der Waals surface area contributed by atoms with E-state index in [4.69, 9.17) is 0 Å². The number of aromatic nitrogens is 1. The molecule has 1 fully saturated rings. The van der Waals surface area contributed by atoms with E-state index in [9.17, 15) is 13.6 Å². The van der Waals surface area contributed by atoms with Crippen molar-refractivity contribution in [2.24, 2.45) is 0 Å². The van der Waals surface area contributed by atoms with Crippen molar-refractivity contribution < 1.29 is 13.6 Å². The first-order chi connectivity index (χ1) is 16.0. The van der Waals surface area contributed by atoms with E-state index in [1.807, 2.05) is 43.5 Å². The molecule has 7 heteroatoms. The summed E-state index contributed by atoms with van der Waals surface area (Å²) in [7, 11) is 0. The Bertz CT molecular complexity index is 1110. The van der Waals surface area contributed by atoms with Gasteiger partial charge in [-0.05, 0) is 60.5 Å². The van der Waals surface area contributed by atoms with Gasteiger partial charge in [0.15, 0.2) is 0 Å². The zero-order chi connectivity index (χ0) is 23.2. The Labute approximate surface area is 192 Å². The summed E-state index contributed by atoms with van der Waals surface area (Å²) >= 11 is 0. The molecule has 0 spiro atoms. The predicted octanol–water partition coefficient (Wildman–Crippen LogP) is 4.58. The summed E-state index contributed by atoms with van der Waals surface area (Å²) in [5.74, 6) is -0.694. The lowest BCUT2D eigenvalue weighted by molar-refractivity contribution is -0.117. The van der Waals surface area contributed by atoms with E-state index in [0.29, 0.717) is 5.56 Å². The van der Waals surface area contributed by atoms with E-state index in [0.717, 1.165) is 49.3 Å². The van der Waals surface area contributed by atoms with Gasteiger partial charge in [-0.3, -0.25) is 4.79 Å². The average Bonchev–Trinajstić information content (AvgIpc) is 2.83. The molecule has 0 bridgehead atoms. The van der Waals surface area contributed by atoms with Crippen LogP contribution in [0, 0.1) is 11.6 Å². The van der Waals surface area contributed by atoms with E-state index in [-0.39, 0.29) is 11.9 Å². The lowest BCUT2D eigenvalue weighted by atomic mass is 10.1. The summed E-state index contributed by atoms with van der Waals surface area (Å²) in [6.45, 7) is 5.45. The van der Waals surface area contributed by atoms with E-state index in [1.54, 1.807) is 0 Å². The molecule has 1 N–H and O–H groups in total. The second-order valence-corrected chi connectivity index (χ2v) is 8.02. The number of amides is 1. The van der Waals surface area contributed by atoms with Gasteiger partial charge in [0.05, 0.1) is 6.04 Å². The molecule has 2 heterocycles. The highest BCUT2D eigenvalue weighted by molar-refractivity contribution is 5.92. The van der Waals surface area contributed by atoms with Gasteiger partial charge < -0.3 is 15.1 Å². The zero-order valence-electron chi connectivity index (χ0n) is 18.4. The zero-order valence-corrected chi connectivity index (χ0v) is 18.4. The molecule has 0 radical (unpaired) electrons. The summed E-state index contributed by atoms with van der Waals surface area (Å²) in [5.41, 5.74) is 2.39. The largest absolute Gasteiger partial charge is 0.368 e. The second kappa shape index (κ2) is 10.3. The fraction of sp³-hybridized carbons (Fsp3) is 0.231. The summed E-state index contributed by atoms with van der Waals surface area (Å²) in [6.07, 6.45) is 4.49. The maximum atomic E-state index is 13.3. The van der Waals surface area contributed by atoms with Crippen LogP contribution in [-0.4, -0.2) is 37.1 Å². The first kappa shape index (κ1) is 22.5. The fourth-order valence-electron chi connectivity index (χ4n) is 3.91. The number of nitrogens with one attached hydrogen (secondary N) is 1. The van der Waals surface area contributed by atoms with Gasteiger partial charge in [0.2, 0.25) is 5.91 Å². The Morgan fingerprint density at radius 1 is 0.970 bits per heavy atom. The highest BCUT2D eigenvalue weighted by atomic mass is 19.1. The maximum absolute atomic E-state index is 13.3. The van der Waals surface area contributed by atoms with Crippen LogP contribution in [0.4, 0.5) is 20.3 Å². The van der Waals surface area contributed by atoms with Gasteiger partial charge in [-0.1, -0.05) is 18.2 Å². The van der Waals surface area contributed by atoms with E-state index in [1.165, 1.54) is 24.3 Å². The molecule has 1 amide bonds. The molecule has 1 aliphatic rings. The monoisotopic (exact) mass is 448 g/mol. The minimum Gasteiger partial charge on any atom is -0.368 e. The van der Waals surface area contributed by atoms with Crippen LogP contribution in [0.2, 0.25) is 0 Å². The number of rotatable bonds is 6. The number of carbonyl (C=O) groups excluding carboxylic acids is 1. The summed E-state index contributed by atoms with van der Waals surface area (Å²) in [5, 5.41) is 2.91. The predicted molar refractivity (Wildman–Crippen MR) is 127 cm³/mol. The molecule has 1 aliphatic heterocycles. The lowest BCUT2D eigenvalue weighted by Gasteiger charge is -2.37. The first-order valence-electron chi connectivity index (χ1n) is 10.9. The number of piperazine rings is 1. The third kappa shape index (κ3) is 5.94. The smallest absolute Gasteiger partial charge is 0.244 e. The number of hydrogen-bond acceptors (Lipinski definition) is 4. The molecule has 1 saturated heterocycles. The minimum atomic E-state index is -0.680. The van der Waals surface area contributed by atoms with Crippen LogP contribution in [0.1, 0.15) is 24.1 Å². The first-order valence-corrected chi connectivity index (χ1v) is 10.9. The normalized spacial score (nSPS) is 15.0. The Morgan fingerprint density at radius 3 is 2.39 bits per heavy atom. The molecule has 33 heavy (non-hydrogen) atoms. The molecule has 3 aromatic rings. The summed E-state index contributed by atoms with van der Waals surface area (Å²) < 4.78 is 26.6. The maximum Gasteiger partial charge on any atom is 0.244 e. The van der Waals surface area contributed by atoms with E-state index in [2.05, 4.69) is 32.2 Å². The quantitative estimate of drug-likeness (QED) is 0.561. The topological polar surface area (TPSA) is 48.5 Å². The molecule has 0 aliphatic carbocycles. The lowest BCUT2D eigenvalue weighted by Crippen LogP contribution is -2.46. The molecule has 0 unspecified atom stereocenters. The Hall–Kier alpha value is -3.74. The van der Waals surface area contributed by atoms with Gasteiger partial charge in [0.25, 0.3) is 0 Å². The molecule has 1 atom stereocenters. The van der Waals surface area contributed by atoms with Gasteiger partial charge in [-0.2, -0.15) is 0 Å². The third-order valence-corrected chi connectivity index (χ3v) is 5.66. The van der Waals surface area contributed by atoms with Crippen LogP contribution < -0.4 is 15.1 Å².